The van der Waals surface area contributed by atoms with Crippen LogP contribution < -0.4 is 5.73 Å². The van der Waals surface area contributed by atoms with Crippen molar-refractivity contribution in [2.45, 2.75) is 52.0 Å². The topological polar surface area (TPSA) is 63.3 Å². The van der Waals surface area contributed by atoms with E-state index in [0.717, 1.165) is 12.3 Å². The molecule has 0 radical (unpaired) electrons. The SMILES string of the molecule is CC(C(=O)O)[C@@H](N)C[C@H](C)C1CCCC1. The Kier molecular flexibility index (Phi) is 4.58. The molecule has 1 unspecified atom stereocenters. The maximum absolute atomic E-state index is 10.8. The van der Waals surface area contributed by atoms with Crippen LogP contribution in [0.4, 0.5) is 0 Å². The van der Waals surface area contributed by atoms with Crippen LogP contribution in [-0.4, -0.2) is 17.1 Å². The molecule has 0 aromatic carbocycles. The van der Waals surface area contributed by atoms with Crippen LogP contribution in [0.15, 0.2) is 0 Å². The zero-order valence-corrected chi connectivity index (χ0v) is 9.78. The lowest BCUT2D eigenvalue weighted by molar-refractivity contribution is -0.141. The highest BCUT2D eigenvalue weighted by Gasteiger charge is 2.27. The summed E-state index contributed by atoms with van der Waals surface area (Å²) in [5.74, 6) is 0.149. The first-order valence-electron chi connectivity index (χ1n) is 6.00. The number of rotatable bonds is 5. The first kappa shape index (κ1) is 12.5. The summed E-state index contributed by atoms with van der Waals surface area (Å²) in [6, 6.07) is -0.196. The van der Waals surface area contributed by atoms with E-state index < -0.39 is 11.9 Å². The van der Waals surface area contributed by atoms with Crippen LogP contribution in [-0.2, 0) is 4.79 Å². The second-order valence-corrected chi connectivity index (χ2v) is 5.05. The molecule has 0 aliphatic heterocycles. The van der Waals surface area contributed by atoms with Gasteiger partial charge in [0, 0.05) is 6.04 Å². The summed E-state index contributed by atoms with van der Waals surface area (Å²) in [6.07, 6.45) is 6.11. The van der Waals surface area contributed by atoms with Gasteiger partial charge in [-0.3, -0.25) is 4.79 Å². The van der Waals surface area contributed by atoms with Crippen LogP contribution in [0.25, 0.3) is 0 Å². The summed E-state index contributed by atoms with van der Waals surface area (Å²) in [5, 5.41) is 8.85. The average Bonchev–Trinajstić information content (AvgIpc) is 2.68. The fourth-order valence-electron chi connectivity index (χ4n) is 2.54. The van der Waals surface area contributed by atoms with Gasteiger partial charge in [-0.2, -0.15) is 0 Å². The predicted molar refractivity (Wildman–Crippen MR) is 60.5 cm³/mol. The molecule has 1 rings (SSSR count). The molecule has 88 valence electrons. The minimum Gasteiger partial charge on any atom is -0.481 e. The van der Waals surface area contributed by atoms with Crippen molar-refractivity contribution in [3.8, 4) is 0 Å². The molecule has 0 aromatic heterocycles. The molecule has 3 N–H and O–H groups in total. The molecular formula is C12H23NO2. The highest BCUT2D eigenvalue weighted by atomic mass is 16.4. The molecule has 1 fully saturated rings. The van der Waals surface area contributed by atoms with Crippen LogP contribution in [0.5, 0.6) is 0 Å². The van der Waals surface area contributed by atoms with Gasteiger partial charge in [-0.25, -0.2) is 0 Å². The number of hydrogen-bond donors (Lipinski definition) is 2. The Labute approximate surface area is 92.0 Å². The van der Waals surface area contributed by atoms with Crippen LogP contribution in [0.3, 0.4) is 0 Å². The molecule has 0 bridgehead atoms. The second-order valence-electron chi connectivity index (χ2n) is 5.05. The minimum atomic E-state index is -0.777. The number of nitrogens with two attached hydrogens (primary N) is 1. The van der Waals surface area contributed by atoms with Crippen LogP contribution in [0.2, 0.25) is 0 Å². The summed E-state index contributed by atoms with van der Waals surface area (Å²) < 4.78 is 0. The molecule has 1 saturated carbocycles. The van der Waals surface area contributed by atoms with Gasteiger partial charge < -0.3 is 10.8 Å². The van der Waals surface area contributed by atoms with E-state index in [4.69, 9.17) is 10.8 Å². The Hall–Kier alpha value is -0.570. The maximum atomic E-state index is 10.8. The van der Waals surface area contributed by atoms with Gasteiger partial charge in [0.25, 0.3) is 0 Å². The van der Waals surface area contributed by atoms with Crippen LogP contribution in [0, 0.1) is 17.8 Å². The van der Waals surface area contributed by atoms with Gasteiger partial charge in [0.2, 0.25) is 0 Å². The number of hydrogen-bond acceptors (Lipinski definition) is 2. The van der Waals surface area contributed by atoms with E-state index in [1.165, 1.54) is 25.7 Å². The lowest BCUT2D eigenvalue weighted by atomic mass is 9.84. The van der Waals surface area contributed by atoms with Gasteiger partial charge in [-0.05, 0) is 18.3 Å². The fourth-order valence-corrected chi connectivity index (χ4v) is 2.54. The molecule has 3 nitrogen and oxygen atoms in total. The van der Waals surface area contributed by atoms with E-state index in [0.29, 0.717) is 5.92 Å². The van der Waals surface area contributed by atoms with Crippen molar-refractivity contribution in [3.05, 3.63) is 0 Å². The van der Waals surface area contributed by atoms with Crippen molar-refractivity contribution in [1.29, 1.82) is 0 Å². The molecule has 0 saturated heterocycles. The monoisotopic (exact) mass is 213 g/mol. The van der Waals surface area contributed by atoms with E-state index in [9.17, 15) is 4.79 Å². The maximum Gasteiger partial charge on any atom is 0.307 e. The summed E-state index contributed by atoms with van der Waals surface area (Å²) >= 11 is 0. The lowest BCUT2D eigenvalue weighted by Crippen LogP contribution is -2.35. The molecule has 1 aliphatic carbocycles. The Morgan fingerprint density at radius 3 is 2.40 bits per heavy atom. The molecule has 0 aromatic rings. The second kappa shape index (κ2) is 5.50. The number of carboxylic acid groups (broad SMARTS) is 1. The zero-order valence-electron chi connectivity index (χ0n) is 9.78. The normalized spacial score (nSPS) is 23.7. The molecular weight excluding hydrogens is 190 g/mol. The third-order valence-electron chi connectivity index (χ3n) is 3.88. The lowest BCUT2D eigenvalue weighted by Gasteiger charge is -2.24. The summed E-state index contributed by atoms with van der Waals surface area (Å²) in [4.78, 5) is 10.8. The third-order valence-corrected chi connectivity index (χ3v) is 3.88. The largest absolute Gasteiger partial charge is 0.481 e. The molecule has 15 heavy (non-hydrogen) atoms. The van der Waals surface area contributed by atoms with Gasteiger partial charge in [0.1, 0.15) is 0 Å². The molecule has 3 heteroatoms. The smallest absolute Gasteiger partial charge is 0.307 e. The number of aliphatic carboxylic acids is 1. The fraction of sp³-hybridized carbons (Fsp3) is 0.917. The van der Waals surface area contributed by atoms with Crippen molar-refractivity contribution in [3.63, 3.8) is 0 Å². The Bertz CT molecular complexity index is 212. The zero-order chi connectivity index (χ0) is 11.4. The first-order chi connectivity index (χ1) is 7.02. The Morgan fingerprint density at radius 2 is 1.93 bits per heavy atom. The first-order valence-corrected chi connectivity index (χ1v) is 6.00. The molecule has 0 amide bonds. The van der Waals surface area contributed by atoms with E-state index in [-0.39, 0.29) is 6.04 Å². The number of carboxylic acids is 1. The van der Waals surface area contributed by atoms with Crippen molar-refractivity contribution in [1.82, 2.24) is 0 Å². The Morgan fingerprint density at radius 1 is 1.40 bits per heavy atom. The number of carbonyl (C=O) groups is 1. The van der Waals surface area contributed by atoms with Crippen molar-refractivity contribution < 1.29 is 9.90 Å². The van der Waals surface area contributed by atoms with Crippen molar-refractivity contribution in [2.75, 3.05) is 0 Å². The highest BCUT2D eigenvalue weighted by molar-refractivity contribution is 5.70. The van der Waals surface area contributed by atoms with Gasteiger partial charge >= 0.3 is 5.97 Å². The van der Waals surface area contributed by atoms with Crippen molar-refractivity contribution >= 4 is 5.97 Å². The van der Waals surface area contributed by atoms with Gasteiger partial charge in [-0.1, -0.05) is 39.5 Å². The van der Waals surface area contributed by atoms with Crippen LogP contribution >= 0.6 is 0 Å². The predicted octanol–water partition coefficient (Wildman–Crippen LogP) is 2.25. The molecule has 0 spiro atoms. The van der Waals surface area contributed by atoms with Gasteiger partial charge in [0.05, 0.1) is 5.92 Å². The molecule has 1 aliphatic rings. The molecule has 0 heterocycles. The van der Waals surface area contributed by atoms with E-state index >= 15 is 0 Å². The summed E-state index contributed by atoms with van der Waals surface area (Å²) in [7, 11) is 0. The standard InChI is InChI=1S/C12H23NO2/c1-8(10-5-3-4-6-10)7-11(13)9(2)12(14)15/h8-11H,3-7,13H2,1-2H3,(H,14,15)/t8-,9?,11-/m0/s1. The van der Waals surface area contributed by atoms with Crippen molar-refractivity contribution in [2.24, 2.45) is 23.5 Å². The van der Waals surface area contributed by atoms with E-state index in [1.54, 1.807) is 6.92 Å². The average molecular weight is 213 g/mol. The minimum absolute atomic E-state index is 0.196. The van der Waals surface area contributed by atoms with E-state index in [2.05, 4.69) is 6.92 Å². The Balaban J connectivity index is 2.36. The third kappa shape index (κ3) is 3.49. The van der Waals surface area contributed by atoms with Gasteiger partial charge in [0.15, 0.2) is 0 Å². The highest BCUT2D eigenvalue weighted by Crippen LogP contribution is 2.33. The van der Waals surface area contributed by atoms with E-state index in [1.807, 2.05) is 0 Å². The summed E-state index contributed by atoms with van der Waals surface area (Å²) in [5.41, 5.74) is 5.91. The molecule has 3 atom stereocenters. The van der Waals surface area contributed by atoms with Gasteiger partial charge in [-0.15, -0.1) is 0 Å². The quantitative estimate of drug-likeness (QED) is 0.736. The van der Waals surface area contributed by atoms with Crippen LogP contribution in [0.1, 0.15) is 46.0 Å². The summed E-state index contributed by atoms with van der Waals surface area (Å²) in [6.45, 7) is 3.92.